The molecule has 0 atom stereocenters. The number of rotatable bonds is 5. The van der Waals surface area contributed by atoms with Gasteiger partial charge in [-0.2, -0.15) is 10.2 Å². The van der Waals surface area contributed by atoms with E-state index in [1.165, 1.54) is 0 Å². The Labute approximate surface area is 126 Å². The van der Waals surface area contributed by atoms with Crippen molar-refractivity contribution in [1.29, 1.82) is 0 Å². The highest BCUT2D eigenvalue weighted by Crippen LogP contribution is 2.17. The average molecular weight is 340 g/mol. The highest BCUT2D eigenvalue weighted by atomic mass is 79.9. The largest absolute Gasteiger partial charge is 0.334 e. The first kappa shape index (κ1) is 14.8. The standard InChI is InChI=1S/C13H18BrN5O/c1-4-18-9-11(14)12(16-18)13(20)17(3)8-10-6-7-15-19(10)5-2/h6-7,9H,4-5,8H2,1-3H3. The van der Waals surface area contributed by atoms with E-state index in [1.54, 1.807) is 22.8 Å². The van der Waals surface area contributed by atoms with Gasteiger partial charge >= 0.3 is 0 Å². The highest BCUT2D eigenvalue weighted by Gasteiger charge is 2.20. The number of halogens is 1. The van der Waals surface area contributed by atoms with Gasteiger partial charge in [-0.25, -0.2) is 0 Å². The van der Waals surface area contributed by atoms with Gasteiger partial charge in [-0.1, -0.05) is 0 Å². The fourth-order valence-corrected chi connectivity index (χ4v) is 2.46. The van der Waals surface area contributed by atoms with E-state index in [4.69, 9.17) is 0 Å². The molecule has 0 aliphatic rings. The summed E-state index contributed by atoms with van der Waals surface area (Å²) in [6, 6.07) is 1.92. The van der Waals surface area contributed by atoms with E-state index < -0.39 is 0 Å². The molecule has 0 aliphatic heterocycles. The molecule has 0 fully saturated rings. The normalized spacial score (nSPS) is 10.8. The Balaban J connectivity index is 2.14. The van der Waals surface area contributed by atoms with Crippen molar-refractivity contribution in [2.45, 2.75) is 33.5 Å². The van der Waals surface area contributed by atoms with E-state index in [0.717, 1.165) is 23.3 Å². The van der Waals surface area contributed by atoms with Crippen LogP contribution in [0.1, 0.15) is 30.0 Å². The molecule has 0 aliphatic carbocycles. The van der Waals surface area contributed by atoms with E-state index in [9.17, 15) is 4.79 Å². The first-order valence-corrected chi connectivity index (χ1v) is 7.35. The summed E-state index contributed by atoms with van der Waals surface area (Å²) in [5.74, 6) is -0.104. The fraction of sp³-hybridized carbons (Fsp3) is 0.462. The number of hydrogen-bond donors (Lipinski definition) is 0. The Bertz CT molecular complexity index is 604. The van der Waals surface area contributed by atoms with Crippen molar-refractivity contribution in [2.24, 2.45) is 0 Å². The molecule has 6 nitrogen and oxygen atoms in total. The molecule has 0 spiro atoms. The van der Waals surface area contributed by atoms with Crippen LogP contribution in [0.5, 0.6) is 0 Å². The summed E-state index contributed by atoms with van der Waals surface area (Å²) in [5, 5.41) is 8.48. The molecule has 0 unspecified atom stereocenters. The van der Waals surface area contributed by atoms with Gasteiger partial charge in [-0.3, -0.25) is 14.2 Å². The molecule has 2 aromatic rings. The van der Waals surface area contributed by atoms with Crippen LogP contribution in [0.15, 0.2) is 22.9 Å². The molecule has 0 bridgehead atoms. The van der Waals surface area contributed by atoms with Crippen molar-refractivity contribution >= 4 is 21.8 Å². The molecule has 1 amide bonds. The van der Waals surface area contributed by atoms with Gasteiger partial charge in [-0.05, 0) is 35.8 Å². The highest BCUT2D eigenvalue weighted by molar-refractivity contribution is 9.10. The third-order valence-electron chi connectivity index (χ3n) is 3.09. The maximum atomic E-state index is 12.4. The number of nitrogens with zero attached hydrogens (tertiary/aromatic N) is 5. The van der Waals surface area contributed by atoms with Gasteiger partial charge in [0.1, 0.15) is 0 Å². The lowest BCUT2D eigenvalue weighted by Gasteiger charge is -2.16. The van der Waals surface area contributed by atoms with Gasteiger partial charge in [0.15, 0.2) is 5.69 Å². The van der Waals surface area contributed by atoms with Gasteiger partial charge in [0.05, 0.1) is 16.7 Å². The SMILES string of the molecule is CCn1cc(Br)c(C(=O)N(C)Cc2ccnn2CC)n1. The van der Waals surface area contributed by atoms with Crippen LogP contribution >= 0.6 is 15.9 Å². The van der Waals surface area contributed by atoms with Crippen LogP contribution in [0.2, 0.25) is 0 Å². The minimum Gasteiger partial charge on any atom is -0.334 e. The van der Waals surface area contributed by atoms with Crippen molar-refractivity contribution < 1.29 is 4.79 Å². The quantitative estimate of drug-likeness (QED) is 0.838. The van der Waals surface area contributed by atoms with E-state index in [0.29, 0.717) is 12.2 Å². The molecular weight excluding hydrogens is 322 g/mol. The number of carbonyl (C=O) groups is 1. The maximum Gasteiger partial charge on any atom is 0.275 e. The van der Waals surface area contributed by atoms with Crippen molar-refractivity contribution in [3.05, 3.63) is 34.3 Å². The second-order valence-corrected chi connectivity index (χ2v) is 5.34. The Kier molecular flexibility index (Phi) is 4.59. The zero-order valence-electron chi connectivity index (χ0n) is 11.9. The molecule has 0 aromatic carbocycles. The van der Waals surface area contributed by atoms with Gasteiger partial charge in [0.25, 0.3) is 5.91 Å². The van der Waals surface area contributed by atoms with E-state index in [2.05, 4.69) is 26.1 Å². The topological polar surface area (TPSA) is 56.0 Å². The molecule has 2 rings (SSSR count). The molecule has 108 valence electrons. The van der Waals surface area contributed by atoms with Crippen LogP contribution < -0.4 is 0 Å². The lowest BCUT2D eigenvalue weighted by molar-refractivity contribution is 0.0774. The number of carbonyl (C=O) groups excluding carboxylic acids is 1. The van der Waals surface area contributed by atoms with Gasteiger partial charge in [-0.15, -0.1) is 0 Å². The molecule has 0 N–H and O–H groups in total. The Morgan fingerprint density at radius 3 is 2.75 bits per heavy atom. The maximum absolute atomic E-state index is 12.4. The second kappa shape index (κ2) is 6.21. The molecule has 2 heterocycles. The van der Waals surface area contributed by atoms with E-state index in [-0.39, 0.29) is 5.91 Å². The second-order valence-electron chi connectivity index (χ2n) is 4.48. The van der Waals surface area contributed by atoms with Crippen LogP contribution in [-0.2, 0) is 19.6 Å². The monoisotopic (exact) mass is 339 g/mol. The predicted octanol–water partition coefficient (Wildman–Crippen LogP) is 2.15. The van der Waals surface area contributed by atoms with Crippen LogP contribution in [0.3, 0.4) is 0 Å². The minimum atomic E-state index is -0.104. The van der Waals surface area contributed by atoms with Crippen LogP contribution in [0.4, 0.5) is 0 Å². The molecule has 7 heteroatoms. The number of aromatic nitrogens is 4. The lowest BCUT2D eigenvalue weighted by atomic mass is 10.3. The summed E-state index contributed by atoms with van der Waals surface area (Å²) < 4.78 is 4.34. The molecular formula is C13H18BrN5O. The zero-order valence-corrected chi connectivity index (χ0v) is 13.5. The Morgan fingerprint density at radius 2 is 2.15 bits per heavy atom. The summed E-state index contributed by atoms with van der Waals surface area (Å²) in [5.41, 5.74) is 1.45. The average Bonchev–Trinajstić information content (AvgIpc) is 3.03. The third-order valence-corrected chi connectivity index (χ3v) is 3.67. The van der Waals surface area contributed by atoms with Crippen molar-refractivity contribution in [3.63, 3.8) is 0 Å². The molecule has 2 aromatic heterocycles. The fourth-order valence-electron chi connectivity index (χ4n) is 1.98. The third kappa shape index (κ3) is 2.92. The number of aryl methyl sites for hydroxylation is 2. The van der Waals surface area contributed by atoms with Crippen molar-refractivity contribution in [1.82, 2.24) is 24.5 Å². The Morgan fingerprint density at radius 1 is 1.40 bits per heavy atom. The first-order chi connectivity index (χ1) is 9.56. The zero-order chi connectivity index (χ0) is 14.7. The van der Waals surface area contributed by atoms with E-state index >= 15 is 0 Å². The Hall–Kier alpha value is -1.63. The lowest BCUT2D eigenvalue weighted by Crippen LogP contribution is -2.28. The van der Waals surface area contributed by atoms with Crippen LogP contribution in [-0.4, -0.2) is 37.4 Å². The first-order valence-electron chi connectivity index (χ1n) is 6.55. The number of amides is 1. The van der Waals surface area contributed by atoms with Crippen LogP contribution in [0.25, 0.3) is 0 Å². The molecule has 0 radical (unpaired) electrons. The predicted molar refractivity (Wildman–Crippen MR) is 79.3 cm³/mol. The molecule has 0 saturated carbocycles. The molecule has 0 saturated heterocycles. The van der Waals surface area contributed by atoms with Crippen molar-refractivity contribution in [2.75, 3.05) is 7.05 Å². The summed E-state index contributed by atoms with van der Waals surface area (Å²) in [4.78, 5) is 14.1. The summed E-state index contributed by atoms with van der Waals surface area (Å²) in [7, 11) is 1.77. The smallest absolute Gasteiger partial charge is 0.275 e. The van der Waals surface area contributed by atoms with Gasteiger partial charge < -0.3 is 4.90 Å². The van der Waals surface area contributed by atoms with Crippen LogP contribution in [0, 0.1) is 0 Å². The minimum absolute atomic E-state index is 0.104. The number of hydrogen-bond acceptors (Lipinski definition) is 3. The molecule has 20 heavy (non-hydrogen) atoms. The van der Waals surface area contributed by atoms with Gasteiger partial charge in [0, 0.05) is 32.5 Å². The van der Waals surface area contributed by atoms with Gasteiger partial charge in [0.2, 0.25) is 0 Å². The summed E-state index contributed by atoms with van der Waals surface area (Å²) >= 11 is 3.38. The summed E-state index contributed by atoms with van der Waals surface area (Å²) in [6.45, 7) is 6.05. The van der Waals surface area contributed by atoms with E-state index in [1.807, 2.05) is 30.8 Å². The summed E-state index contributed by atoms with van der Waals surface area (Å²) in [6.07, 6.45) is 3.57. The van der Waals surface area contributed by atoms with Crippen molar-refractivity contribution in [3.8, 4) is 0 Å².